The molecule has 0 aliphatic heterocycles. The summed E-state index contributed by atoms with van der Waals surface area (Å²) in [5.41, 5.74) is 1.97. The number of methoxy groups -OCH3 is 1. The summed E-state index contributed by atoms with van der Waals surface area (Å²) in [7, 11) is 1.60. The van der Waals surface area contributed by atoms with Gasteiger partial charge in [0.05, 0.1) is 17.0 Å². The molecule has 22 heavy (non-hydrogen) atoms. The zero-order valence-electron chi connectivity index (χ0n) is 12.7. The highest BCUT2D eigenvalue weighted by Crippen LogP contribution is 2.35. The van der Waals surface area contributed by atoms with Crippen molar-refractivity contribution in [2.75, 3.05) is 7.11 Å². The van der Waals surface area contributed by atoms with Crippen molar-refractivity contribution in [1.82, 2.24) is 24.7 Å². The van der Waals surface area contributed by atoms with Gasteiger partial charge in [0.25, 0.3) is 0 Å². The third-order valence-corrected chi connectivity index (χ3v) is 4.30. The quantitative estimate of drug-likeness (QED) is 0.646. The van der Waals surface area contributed by atoms with E-state index >= 15 is 0 Å². The molecular weight excluding hydrogens is 302 g/mol. The van der Waals surface area contributed by atoms with Gasteiger partial charge in [-0.15, -0.1) is 0 Å². The Bertz CT molecular complexity index is 770. The van der Waals surface area contributed by atoms with E-state index in [1.54, 1.807) is 31.3 Å². The molecule has 0 amide bonds. The summed E-state index contributed by atoms with van der Waals surface area (Å²) in [6.07, 6.45) is 3.56. The van der Waals surface area contributed by atoms with Gasteiger partial charge < -0.3 is 13.8 Å². The van der Waals surface area contributed by atoms with Crippen molar-refractivity contribution in [2.45, 2.75) is 37.4 Å². The van der Waals surface area contributed by atoms with Crippen LogP contribution in [0.15, 0.2) is 28.1 Å². The average Bonchev–Trinajstić information content (AvgIpc) is 3.11. The third-order valence-electron chi connectivity index (χ3n) is 3.22. The molecule has 0 aromatic carbocycles. The maximum Gasteiger partial charge on any atom is 0.240 e. The standard InChI is InChI=1S/C14H17N5O2S/c1-4-19-11-5-6-15-7-10(11)16-14(19)22-9(2)13-17-12(8-20-3)18-21-13/h5-7,9H,4,8H2,1-3H3/t9-/m1/s1. The molecule has 0 bridgehead atoms. The molecule has 116 valence electrons. The van der Waals surface area contributed by atoms with Gasteiger partial charge in [-0.25, -0.2) is 4.98 Å². The Morgan fingerprint density at radius 1 is 1.41 bits per heavy atom. The predicted molar refractivity (Wildman–Crippen MR) is 82.5 cm³/mol. The lowest BCUT2D eigenvalue weighted by Crippen LogP contribution is -1.99. The summed E-state index contributed by atoms with van der Waals surface area (Å²) in [5, 5.41) is 4.82. The zero-order chi connectivity index (χ0) is 15.5. The van der Waals surface area contributed by atoms with Gasteiger partial charge in [-0.1, -0.05) is 16.9 Å². The number of imidazole rings is 1. The van der Waals surface area contributed by atoms with Crippen LogP contribution in [0.1, 0.15) is 30.8 Å². The van der Waals surface area contributed by atoms with Gasteiger partial charge >= 0.3 is 0 Å². The summed E-state index contributed by atoms with van der Waals surface area (Å²) < 4.78 is 12.4. The SMILES string of the molecule is CCn1c(S[C@H](C)c2nc(COC)no2)nc2cnccc21. The lowest BCUT2D eigenvalue weighted by Gasteiger charge is -2.08. The smallest absolute Gasteiger partial charge is 0.240 e. The Morgan fingerprint density at radius 3 is 3.05 bits per heavy atom. The maximum absolute atomic E-state index is 5.29. The molecule has 0 spiro atoms. The number of ether oxygens (including phenoxy) is 1. The van der Waals surface area contributed by atoms with Crippen molar-refractivity contribution < 1.29 is 9.26 Å². The Kier molecular flexibility index (Phi) is 4.39. The molecule has 3 heterocycles. The van der Waals surface area contributed by atoms with Gasteiger partial charge in [0.1, 0.15) is 12.1 Å². The van der Waals surface area contributed by atoms with Crippen LogP contribution in [0, 0.1) is 0 Å². The number of hydrogen-bond donors (Lipinski definition) is 0. The summed E-state index contributed by atoms with van der Waals surface area (Å²) in [4.78, 5) is 13.1. The topological polar surface area (TPSA) is 78.9 Å². The summed E-state index contributed by atoms with van der Waals surface area (Å²) in [5.74, 6) is 1.13. The molecule has 0 unspecified atom stereocenters. The highest BCUT2D eigenvalue weighted by molar-refractivity contribution is 7.99. The zero-order valence-corrected chi connectivity index (χ0v) is 13.5. The number of nitrogens with zero attached hydrogens (tertiary/aromatic N) is 5. The minimum Gasteiger partial charge on any atom is -0.377 e. The molecule has 8 heteroatoms. The molecule has 0 aliphatic rings. The van der Waals surface area contributed by atoms with Crippen LogP contribution in [-0.2, 0) is 17.9 Å². The molecule has 3 aromatic rings. The van der Waals surface area contributed by atoms with Crippen LogP contribution < -0.4 is 0 Å². The Labute approximate surface area is 132 Å². The fraction of sp³-hybridized carbons (Fsp3) is 0.429. The molecule has 1 atom stereocenters. The van der Waals surface area contributed by atoms with Crippen LogP contribution in [0.4, 0.5) is 0 Å². The maximum atomic E-state index is 5.29. The molecule has 0 radical (unpaired) electrons. The first-order valence-electron chi connectivity index (χ1n) is 7.01. The van der Waals surface area contributed by atoms with E-state index in [0.29, 0.717) is 18.3 Å². The van der Waals surface area contributed by atoms with Crippen LogP contribution >= 0.6 is 11.8 Å². The van der Waals surface area contributed by atoms with E-state index in [2.05, 4.69) is 31.6 Å². The van der Waals surface area contributed by atoms with Gasteiger partial charge in [-0.05, 0) is 19.9 Å². The summed E-state index contributed by atoms with van der Waals surface area (Å²) >= 11 is 1.59. The van der Waals surface area contributed by atoms with Gasteiger partial charge in [0.2, 0.25) is 5.89 Å². The Morgan fingerprint density at radius 2 is 2.27 bits per heavy atom. The van der Waals surface area contributed by atoms with Crippen molar-refractivity contribution in [1.29, 1.82) is 0 Å². The molecule has 0 saturated carbocycles. The number of aromatic nitrogens is 5. The first-order chi connectivity index (χ1) is 10.7. The van der Waals surface area contributed by atoms with Gasteiger partial charge in [-0.3, -0.25) is 4.98 Å². The highest BCUT2D eigenvalue weighted by atomic mass is 32.2. The molecule has 0 N–H and O–H groups in total. The molecular formula is C14H17N5O2S. The Hall–Kier alpha value is -1.93. The molecule has 0 saturated heterocycles. The Balaban J connectivity index is 1.85. The van der Waals surface area contributed by atoms with E-state index in [1.807, 2.05) is 13.0 Å². The monoisotopic (exact) mass is 319 g/mol. The second-order valence-corrected chi connectivity index (χ2v) is 6.05. The molecule has 3 rings (SSSR count). The van der Waals surface area contributed by atoms with Crippen LogP contribution in [0.5, 0.6) is 0 Å². The lowest BCUT2D eigenvalue weighted by atomic mass is 10.4. The van der Waals surface area contributed by atoms with Crippen molar-refractivity contribution >= 4 is 22.8 Å². The number of thioether (sulfide) groups is 1. The number of aryl methyl sites for hydroxylation is 1. The van der Waals surface area contributed by atoms with E-state index in [9.17, 15) is 0 Å². The van der Waals surface area contributed by atoms with Crippen molar-refractivity contribution in [3.05, 3.63) is 30.2 Å². The predicted octanol–water partition coefficient (Wildman–Crippen LogP) is 2.83. The fourth-order valence-corrected chi connectivity index (χ4v) is 3.20. The number of rotatable bonds is 6. The number of fused-ring (bicyclic) bond motifs is 1. The van der Waals surface area contributed by atoms with Crippen LogP contribution in [-0.4, -0.2) is 31.8 Å². The second kappa shape index (κ2) is 6.45. The largest absolute Gasteiger partial charge is 0.377 e. The van der Waals surface area contributed by atoms with Gasteiger partial charge in [0, 0.05) is 19.9 Å². The molecule has 0 fully saturated rings. The molecule has 3 aromatic heterocycles. The normalized spacial score (nSPS) is 12.9. The van der Waals surface area contributed by atoms with Crippen LogP contribution in [0.2, 0.25) is 0 Å². The minimum atomic E-state index is 0.00757. The number of pyridine rings is 1. The van der Waals surface area contributed by atoms with Gasteiger partial charge in [-0.2, -0.15) is 4.98 Å². The third kappa shape index (κ3) is 2.84. The molecule has 7 nitrogen and oxygen atoms in total. The van der Waals surface area contributed by atoms with Crippen LogP contribution in [0.25, 0.3) is 11.0 Å². The first-order valence-corrected chi connectivity index (χ1v) is 7.89. The van der Waals surface area contributed by atoms with E-state index in [4.69, 9.17) is 9.26 Å². The van der Waals surface area contributed by atoms with Gasteiger partial charge in [0.15, 0.2) is 11.0 Å². The van der Waals surface area contributed by atoms with E-state index < -0.39 is 0 Å². The minimum absolute atomic E-state index is 0.00757. The lowest BCUT2D eigenvalue weighted by molar-refractivity contribution is 0.174. The van der Waals surface area contributed by atoms with Crippen molar-refractivity contribution in [3.8, 4) is 0 Å². The molecule has 0 aliphatic carbocycles. The van der Waals surface area contributed by atoms with E-state index in [-0.39, 0.29) is 5.25 Å². The number of hydrogen-bond acceptors (Lipinski definition) is 7. The summed E-state index contributed by atoms with van der Waals surface area (Å²) in [6, 6.07) is 1.98. The average molecular weight is 319 g/mol. The van der Waals surface area contributed by atoms with Crippen molar-refractivity contribution in [2.24, 2.45) is 0 Å². The van der Waals surface area contributed by atoms with Crippen molar-refractivity contribution in [3.63, 3.8) is 0 Å². The van der Waals surface area contributed by atoms with E-state index in [1.165, 1.54) is 0 Å². The fourth-order valence-electron chi connectivity index (χ4n) is 2.18. The first kappa shape index (κ1) is 15.0. The highest BCUT2D eigenvalue weighted by Gasteiger charge is 2.19. The summed E-state index contributed by atoms with van der Waals surface area (Å²) in [6.45, 7) is 5.31. The van der Waals surface area contributed by atoms with Crippen LogP contribution in [0.3, 0.4) is 0 Å². The van der Waals surface area contributed by atoms with E-state index in [0.717, 1.165) is 22.7 Å². The second-order valence-electron chi connectivity index (χ2n) is 4.74.